The summed E-state index contributed by atoms with van der Waals surface area (Å²) < 4.78 is 58.1. The zero-order chi connectivity index (χ0) is 28.1. The Kier molecular flexibility index (Phi) is 8.82. The number of rotatable bonds is 10. The highest BCUT2D eigenvalue weighted by molar-refractivity contribution is 7.91. The molecule has 1 aliphatic heterocycles. The monoisotopic (exact) mass is 565 g/mol. The van der Waals surface area contributed by atoms with Crippen LogP contribution in [0.5, 0.6) is 0 Å². The average Bonchev–Trinajstić information content (AvgIpc) is 3.10. The summed E-state index contributed by atoms with van der Waals surface area (Å²) in [6.07, 6.45) is -0.620. The first-order valence-electron chi connectivity index (χ1n) is 10.9. The van der Waals surface area contributed by atoms with Crippen molar-refractivity contribution in [2.24, 2.45) is 15.3 Å². The molecule has 3 rings (SSSR count). The topological polar surface area (TPSA) is 201 Å². The Hall–Kier alpha value is -3.86. The summed E-state index contributed by atoms with van der Waals surface area (Å²) in [6.45, 7) is 2.54. The van der Waals surface area contributed by atoms with Gasteiger partial charge in [-0.2, -0.15) is 28.8 Å². The van der Waals surface area contributed by atoms with Crippen LogP contribution in [0.1, 0.15) is 18.9 Å². The van der Waals surface area contributed by atoms with Gasteiger partial charge in [0.05, 0.1) is 28.7 Å². The van der Waals surface area contributed by atoms with E-state index in [4.69, 9.17) is 4.55 Å². The number of azo groups is 1. The maximum Gasteiger partial charge on any atom is 0.397 e. The number of hydrazone groups is 1. The predicted octanol–water partition coefficient (Wildman–Crippen LogP) is 1.81. The number of carbonyl (C=O) groups excluding carboxylic acids is 3. The van der Waals surface area contributed by atoms with E-state index in [-0.39, 0.29) is 16.3 Å². The summed E-state index contributed by atoms with van der Waals surface area (Å²) in [5.74, 6) is -2.96. The molecule has 0 unspecified atom stereocenters. The van der Waals surface area contributed by atoms with Crippen molar-refractivity contribution in [3.05, 3.63) is 54.1 Å². The molecule has 0 bridgehead atoms. The highest BCUT2D eigenvalue weighted by Gasteiger charge is 2.38. The van der Waals surface area contributed by atoms with E-state index in [1.807, 2.05) is 13.0 Å². The van der Waals surface area contributed by atoms with Gasteiger partial charge in [-0.15, -0.1) is 0 Å². The minimum atomic E-state index is -4.76. The molecule has 0 radical (unpaired) electrons. The molecule has 2 aromatic carbocycles. The Morgan fingerprint density at radius 2 is 1.79 bits per heavy atom. The molecule has 0 aromatic heterocycles. The van der Waals surface area contributed by atoms with Crippen LogP contribution < -0.4 is 5.32 Å². The van der Waals surface area contributed by atoms with Gasteiger partial charge in [0.15, 0.2) is 15.9 Å². The van der Waals surface area contributed by atoms with Crippen molar-refractivity contribution in [2.45, 2.75) is 31.2 Å². The first-order chi connectivity index (χ1) is 17.7. The predicted molar refractivity (Wildman–Crippen MR) is 134 cm³/mol. The van der Waals surface area contributed by atoms with Crippen LogP contribution in [0.25, 0.3) is 0 Å². The fraction of sp³-hybridized carbons (Fsp3) is 0.273. The molecule has 1 aliphatic rings. The molecule has 0 aliphatic carbocycles. The molecule has 3 amide bonds. The van der Waals surface area contributed by atoms with E-state index >= 15 is 0 Å². The minimum Gasteiger partial charge on any atom is -0.326 e. The van der Waals surface area contributed by atoms with Crippen molar-refractivity contribution in [2.75, 3.05) is 17.7 Å². The summed E-state index contributed by atoms with van der Waals surface area (Å²) in [7, 11) is -8.68. The first kappa shape index (κ1) is 28.7. The van der Waals surface area contributed by atoms with E-state index in [1.54, 1.807) is 18.2 Å². The van der Waals surface area contributed by atoms with Gasteiger partial charge in [-0.25, -0.2) is 12.6 Å². The normalized spacial score (nSPS) is 16.1. The van der Waals surface area contributed by atoms with Gasteiger partial charge >= 0.3 is 10.4 Å². The Labute approximate surface area is 218 Å². The number of carbonyl (C=O) groups is 3. The molecular weight excluding hydrogens is 542 g/mol. The number of aryl methyl sites for hydroxylation is 1. The zero-order valence-electron chi connectivity index (χ0n) is 20.1. The molecule has 38 heavy (non-hydrogen) atoms. The fourth-order valence-electron chi connectivity index (χ4n) is 3.22. The number of benzene rings is 2. The van der Waals surface area contributed by atoms with Crippen LogP contribution in [-0.2, 0) is 38.8 Å². The molecule has 202 valence electrons. The van der Waals surface area contributed by atoms with Crippen molar-refractivity contribution in [3.8, 4) is 0 Å². The van der Waals surface area contributed by atoms with E-state index in [9.17, 15) is 31.2 Å². The van der Waals surface area contributed by atoms with Gasteiger partial charge in [0.25, 0.3) is 11.8 Å². The third-order valence-corrected chi connectivity index (χ3v) is 7.17. The summed E-state index contributed by atoms with van der Waals surface area (Å²) in [5.41, 5.74) is 1.77. The van der Waals surface area contributed by atoms with Gasteiger partial charge in [-0.05, 0) is 55.8 Å². The Bertz CT molecular complexity index is 1520. The zero-order valence-corrected chi connectivity index (χ0v) is 21.8. The lowest BCUT2D eigenvalue weighted by Crippen LogP contribution is -2.36. The summed E-state index contributed by atoms with van der Waals surface area (Å²) in [6, 6.07) is 10.7. The Morgan fingerprint density at radius 1 is 1.11 bits per heavy atom. The van der Waals surface area contributed by atoms with Gasteiger partial charge in [-0.3, -0.25) is 18.9 Å². The largest absolute Gasteiger partial charge is 0.397 e. The van der Waals surface area contributed by atoms with Gasteiger partial charge < -0.3 is 5.32 Å². The second-order valence-corrected chi connectivity index (χ2v) is 11.3. The summed E-state index contributed by atoms with van der Waals surface area (Å²) in [5, 5.41) is 14.8. The third-order valence-electron chi connectivity index (χ3n) is 5.01. The smallest absolute Gasteiger partial charge is 0.326 e. The SMILES string of the molecule is CC1=NN(C(=O)CC(=O)Nc2cccc(C)c2)C(=O)[C@H]1N=Nc1ccc(S(=O)(=O)CCOS(=O)(=O)O)cc1. The standard InChI is InChI=1S/C22H23N5O9S2/c1-14-4-3-5-17(12-14)23-19(28)13-20(29)27-22(30)21(15(2)26-27)25-24-16-6-8-18(9-7-16)37(31,32)11-10-36-38(33,34)35/h3-9,12,21H,10-11,13H2,1-2H3,(H,23,28)(H,33,34,35)/t21-/m0/s1. The first-order valence-corrected chi connectivity index (χ1v) is 13.9. The van der Waals surface area contributed by atoms with Gasteiger partial charge in [0, 0.05) is 5.69 Å². The molecule has 0 spiro atoms. The number of nitrogens with one attached hydrogen (secondary N) is 1. The van der Waals surface area contributed by atoms with E-state index in [0.29, 0.717) is 10.7 Å². The minimum absolute atomic E-state index is 0.161. The molecule has 0 fully saturated rings. The fourth-order valence-corrected chi connectivity index (χ4v) is 4.71. The van der Waals surface area contributed by atoms with Crippen LogP contribution in [0.2, 0.25) is 0 Å². The number of hydrogen-bond donors (Lipinski definition) is 2. The molecule has 1 heterocycles. The van der Waals surface area contributed by atoms with Crippen molar-refractivity contribution in [1.29, 1.82) is 0 Å². The molecule has 1 atom stereocenters. The van der Waals surface area contributed by atoms with E-state index in [2.05, 4.69) is 24.8 Å². The van der Waals surface area contributed by atoms with Crippen LogP contribution in [0, 0.1) is 6.92 Å². The summed E-state index contributed by atoms with van der Waals surface area (Å²) >= 11 is 0. The second-order valence-electron chi connectivity index (χ2n) is 8.06. The number of amides is 3. The Morgan fingerprint density at radius 3 is 2.42 bits per heavy atom. The number of hydrogen-bond acceptors (Lipinski definition) is 11. The highest BCUT2D eigenvalue weighted by atomic mass is 32.3. The van der Waals surface area contributed by atoms with E-state index in [0.717, 1.165) is 5.56 Å². The van der Waals surface area contributed by atoms with Crippen LogP contribution in [0.4, 0.5) is 11.4 Å². The molecule has 0 saturated heterocycles. The third kappa shape index (κ3) is 7.82. The van der Waals surface area contributed by atoms with Crippen molar-refractivity contribution in [1.82, 2.24) is 5.01 Å². The number of imide groups is 1. The molecule has 0 saturated carbocycles. The lowest BCUT2D eigenvalue weighted by molar-refractivity contribution is -0.144. The number of sulfone groups is 1. The van der Waals surface area contributed by atoms with Crippen LogP contribution >= 0.6 is 0 Å². The van der Waals surface area contributed by atoms with Crippen LogP contribution in [-0.4, -0.2) is 68.2 Å². The Balaban J connectivity index is 1.59. The van der Waals surface area contributed by atoms with Gasteiger partial charge in [0.1, 0.15) is 6.42 Å². The van der Waals surface area contributed by atoms with E-state index in [1.165, 1.54) is 31.2 Å². The quantitative estimate of drug-likeness (QED) is 0.245. The molecule has 14 nitrogen and oxygen atoms in total. The van der Waals surface area contributed by atoms with Gasteiger partial charge in [-0.1, -0.05) is 12.1 Å². The highest BCUT2D eigenvalue weighted by Crippen LogP contribution is 2.21. The van der Waals surface area contributed by atoms with E-state index < -0.39 is 62.8 Å². The number of nitrogens with zero attached hydrogens (tertiary/aromatic N) is 4. The van der Waals surface area contributed by atoms with Crippen LogP contribution in [0.3, 0.4) is 0 Å². The lowest BCUT2D eigenvalue weighted by atomic mass is 10.2. The maximum atomic E-state index is 12.7. The maximum absolute atomic E-state index is 12.7. The lowest BCUT2D eigenvalue weighted by Gasteiger charge is -2.11. The van der Waals surface area contributed by atoms with Crippen LogP contribution in [0.15, 0.2) is 68.8 Å². The molecule has 2 N–H and O–H groups in total. The van der Waals surface area contributed by atoms with Crippen molar-refractivity contribution >= 4 is 55.0 Å². The molecule has 16 heteroatoms. The summed E-state index contributed by atoms with van der Waals surface area (Å²) in [4.78, 5) is 37.2. The van der Waals surface area contributed by atoms with Crippen molar-refractivity contribution in [3.63, 3.8) is 0 Å². The molecular formula is C22H23N5O9S2. The van der Waals surface area contributed by atoms with Gasteiger partial charge in [0.2, 0.25) is 5.91 Å². The molecule has 2 aromatic rings. The number of anilines is 1. The second kappa shape index (κ2) is 11.7. The average molecular weight is 566 g/mol. The van der Waals surface area contributed by atoms with Crippen molar-refractivity contribution < 1.29 is 40.0 Å².